The molecule has 7 heteroatoms. The first kappa shape index (κ1) is 13.0. The first-order valence-electron chi connectivity index (χ1n) is 6.38. The Morgan fingerprint density at radius 3 is 2.79 bits per heavy atom. The molecular formula is C12H15N5S2. The Labute approximate surface area is 120 Å². The fraction of sp³-hybridized carbons (Fsp3) is 0.500. The second-order valence-corrected chi connectivity index (χ2v) is 6.43. The van der Waals surface area contributed by atoms with Crippen molar-refractivity contribution < 1.29 is 0 Å². The van der Waals surface area contributed by atoms with Crippen LogP contribution in [0.3, 0.4) is 0 Å². The summed E-state index contributed by atoms with van der Waals surface area (Å²) in [6, 6.07) is 0.711. The summed E-state index contributed by atoms with van der Waals surface area (Å²) < 4.78 is 5.15. The summed E-state index contributed by atoms with van der Waals surface area (Å²) in [6.07, 6.45) is 7.22. The van der Waals surface area contributed by atoms with Crippen LogP contribution in [0.4, 0.5) is 0 Å². The molecule has 19 heavy (non-hydrogen) atoms. The number of nitrogens with zero attached hydrogens (tertiary/aromatic N) is 4. The molecule has 0 saturated heterocycles. The molecule has 2 aromatic rings. The Hall–Kier alpha value is -1.05. The molecule has 2 heterocycles. The SMILES string of the molecule is CCc1nsc(Sc2ncc(CNC3CC3)cn2)n1. The Bertz CT molecular complexity index is 535. The predicted octanol–water partition coefficient (Wildman–Crippen LogP) is 2.29. The van der Waals surface area contributed by atoms with Crippen LogP contribution in [-0.2, 0) is 13.0 Å². The van der Waals surface area contributed by atoms with Gasteiger partial charge in [-0.05, 0) is 36.1 Å². The molecule has 5 nitrogen and oxygen atoms in total. The molecule has 0 aliphatic heterocycles. The minimum atomic E-state index is 0.711. The number of rotatable bonds is 6. The average molecular weight is 293 g/mol. The third-order valence-electron chi connectivity index (χ3n) is 2.80. The van der Waals surface area contributed by atoms with Crippen molar-refractivity contribution in [2.24, 2.45) is 0 Å². The zero-order valence-electron chi connectivity index (χ0n) is 10.7. The zero-order chi connectivity index (χ0) is 13.1. The second-order valence-electron chi connectivity index (χ2n) is 4.46. The van der Waals surface area contributed by atoms with Gasteiger partial charge in [0.15, 0.2) is 9.50 Å². The molecule has 0 aromatic carbocycles. The third-order valence-corrected chi connectivity index (χ3v) is 4.48. The lowest BCUT2D eigenvalue weighted by Gasteiger charge is -2.02. The van der Waals surface area contributed by atoms with Gasteiger partial charge in [0.25, 0.3) is 0 Å². The van der Waals surface area contributed by atoms with Crippen molar-refractivity contribution in [1.82, 2.24) is 24.6 Å². The van der Waals surface area contributed by atoms with Crippen molar-refractivity contribution >= 4 is 23.3 Å². The van der Waals surface area contributed by atoms with Gasteiger partial charge in [0.05, 0.1) is 0 Å². The van der Waals surface area contributed by atoms with Gasteiger partial charge < -0.3 is 5.32 Å². The molecule has 1 saturated carbocycles. The Morgan fingerprint density at radius 1 is 1.37 bits per heavy atom. The first-order valence-corrected chi connectivity index (χ1v) is 7.97. The summed E-state index contributed by atoms with van der Waals surface area (Å²) in [5.41, 5.74) is 1.13. The fourth-order valence-electron chi connectivity index (χ4n) is 1.54. The van der Waals surface area contributed by atoms with E-state index in [1.807, 2.05) is 12.4 Å². The van der Waals surface area contributed by atoms with Crippen molar-refractivity contribution in [2.75, 3.05) is 0 Å². The Balaban J connectivity index is 1.58. The maximum atomic E-state index is 4.39. The highest BCUT2D eigenvalue weighted by Gasteiger charge is 2.20. The van der Waals surface area contributed by atoms with Gasteiger partial charge >= 0.3 is 0 Å². The molecule has 3 rings (SSSR count). The van der Waals surface area contributed by atoms with Crippen LogP contribution in [0.15, 0.2) is 21.9 Å². The van der Waals surface area contributed by atoms with Gasteiger partial charge in [0.1, 0.15) is 5.82 Å². The standard InChI is InChI=1S/C12H15N5S2/c1-2-10-16-12(19-17-10)18-11-14-6-8(7-15-11)5-13-9-3-4-9/h6-7,9,13H,2-5H2,1H3. The summed E-state index contributed by atoms with van der Waals surface area (Å²) in [4.78, 5) is 13.1. The van der Waals surface area contributed by atoms with E-state index in [4.69, 9.17) is 0 Å². The molecule has 0 atom stereocenters. The lowest BCUT2D eigenvalue weighted by molar-refractivity contribution is 0.680. The molecule has 100 valence electrons. The molecule has 1 aliphatic rings. The van der Waals surface area contributed by atoms with Gasteiger partial charge in [-0.3, -0.25) is 0 Å². The van der Waals surface area contributed by atoms with Gasteiger partial charge in [-0.2, -0.15) is 4.37 Å². The van der Waals surface area contributed by atoms with E-state index in [0.29, 0.717) is 6.04 Å². The van der Waals surface area contributed by atoms with E-state index in [1.165, 1.54) is 36.1 Å². The maximum absolute atomic E-state index is 4.39. The third kappa shape index (κ3) is 3.71. The molecule has 0 spiro atoms. The topological polar surface area (TPSA) is 63.6 Å². The molecule has 1 aliphatic carbocycles. The van der Waals surface area contributed by atoms with E-state index in [0.717, 1.165) is 33.8 Å². The van der Waals surface area contributed by atoms with E-state index in [2.05, 4.69) is 31.6 Å². The van der Waals surface area contributed by atoms with Crippen LogP contribution >= 0.6 is 23.3 Å². The van der Waals surface area contributed by atoms with Crippen LogP contribution < -0.4 is 5.32 Å². The van der Waals surface area contributed by atoms with E-state index in [1.54, 1.807) is 0 Å². The normalized spacial score (nSPS) is 14.8. The van der Waals surface area contributed by atoms with Crippen molar-refractivity contribution in [3.05, 3.63) is 23.8 Å². The maximum Gasteiger partial charge on any atom is 0.194 e. The monoisotopic (exact) mass is 293 g/mol. The molecule has 2 aromatic heterocycles. The lowest BCUT2D eigenvalue weighted by atomic mass is 10.3. The van der Waals surface area contributed by atoms with Gasteiger partial charge in [0, 0.05) is 37.0 Å². The number of hydrogen-bond acceptors (Lipinski definition) is 7. The Kier molecular flexibility index (Phi) is 4.05. The summed E-state index contributed by atoms with van der Waals surface area (Å²) in [5, 5.41) is 4.18. The molecule has 0 unspecified atom stereocenters. The summed E-state index contributed by atoms with van der Waals surface area (Å²) >= 11 is 2.88. The van der Waals surface area contributed by atoms with E-state index >= 15 is 0 Å². The molecular weight excluding hydrogens is 278 g/mol. The van der Waals surface area contributed by atoms with E-state index in [9.17, 15) is 0 Å². The van der Waals surface area contributed by atoms with Crippen LogP contribution in [0.5, 0.6) is 0 Å². The smallest absolute Gasteiger partial charge is 0.194 e. The minimum Gasteiger partial charge on any atom is -0.310 e. The lowest BCUT2D eigenvalue weighted by Crippen LogP contribution is -2.15. The quantitative estimate of drug-likeness (QED) is 0.825. The zero-order valence-corrected chi connectivity index (χ0v) is 12.3. The molecule has 0 radical (unpaired) electrons. The van der Waals surface area contributed by atoms with Crippen LogP contribution in [0.2, 0.25) is 0 Å². The number of aromatic nitrogens is 4. The molecule has 1 fully saturated rings. The van der Waals surface area contributed by atoms with E-state index in [-0.39, 0.29) is 0 Å². The number of hydrogen-bond donors (Lipinski definition) is 1. The first-order chi connectivity index (χ1) is 9.33. The molecule has 1 N–H and O–H groups in total. The highest BCUT2D eigenvalue weighted by Crippen LogP contribution is 2.26. The highest BCUT2D eigenvalue weighted by atomic mass is 32.2. The largest absolute Gasteiger partial charge is 0.310 e. The number of aryl methyl sites for hydroxylation is 1. The van der Waals surface area contributed by atoms with Gasteiger partial charge in [0.2, 0.25) is 0 Å². The summed E-state index contributed by atoms with van der Waals surface area (Å²) in [6.45, 7) is 2.91. The van der Waals surface area contributed by atoms with Gasteiger partial charge in [-0.25, -0.2) is 15.0 Å². The van der Waals surface area contributed by atoms with E-state index < -0.39 is 0 Å². The summed E-state index contributed by atoms with van der Waals surface area (Å²) in [5.74, 6) is 0.887. The predicted molar refractivity (Wildman–Crippen MR) is 75.3 cm³/mol. The van der Waals surface area contributed by atoms with Gasteiger partial charge in [-0.1, -0.05) is 6.92 Å². The minimum absolute atomic E-state index is 0.711. The van der Waals surface area contributed by atoms with Crippen LogP contribution in [-0.4, -0.2) is 25.4 Å². The van der Waals surface area contributed by atoms with Crippen LogP contribution in [0.25, 0.3) is 0 Å². The van der Waals surface area contributed by atoms with Gasteiger partial charge in [-0.15, -0.1) is 0 Å². The fourth-order valence-corrected chi connectivity index (χ4v) is 3.04. The van der Waals surface area contributed by atoms with Crippen molar-refractivity contribution in [2.45, 2.75) is 48.3 Å². The average Bonchev–Trinajstić information content (AvgIpc) is 3.17. The van der Waals surface area contributed by atoms with Crippen molar-refractivity contribution in [3.8, 4) is 0 Å². The second kappa shape index (κ2) is 5.94. The highest BCUT2D eigenvalue weighted by molar-refractivity contribution is 8.00. The summed E-state index contributed by atoms with van der Waals surface area (Å²) in [7, 11) is 0. The van der Waals surface area contributed by atoms with Crippen LogP contribution in [0.1, 0.15) is 31.2 Å². The molecule has 0 bridgehead atoms. The van der Waals surface area contributed by atoms with Crippen molar-refractivity contribution in [1.29, 1.82) is 0 Å². The van der Waals surface area contributed by atoms with Crippen molar-refractivity contribution in [3.63, 3.8) is 0 Å². The molecule has 0 amide bonds. The number of nitrogens with one attached hydrogen (secondary N) is 1. The Morgan fingerprint density at radius 2 is 2.16 bits per heavy atom. The van der Waals surface area contributed by atoms with Crippen LogP contribution in [0, 0.1) is 0 Å².